The van der Waals surface area contributed by atoms with Gasteiger partial charge in [-0.3, -0.25) is 9.79 Å². The molecule has 8 heteroatoms. The fourth-order valence-electron chi connectivity index (χ4n) is 2.67. The molecule has 134 valence electrons. The molecule has 7 nitrogen and oxygen atoms in total. The van der Waals surface area contributed by atoms with Crippen LogP contribution in [0.5, 0.6) is 5.88 Å². The number of guanidine groups is 1. The fourth-order valence-corrected chi connectivity index (χ4v) is 2.67. The van der Waals surface area contributed by atoms with E-state index in [1.807, 2.05) is 18.2 Å². The monoisotopic (exact) mass is 448 g/mol. The van der Waals surface area contributed by atoms with Gasteiger partial charge in [0, 0.05) is 26.2 Å². The third-order valence-electron chi connectivity index (χ3n) is 3.96. The quantitative estimate of drug-likeness (QED) is 0.327. The molecule has 1 aromatic heterocycles. The molecule has 2 rings (SSSR count). The van der Waals surface area contributed by atoms with Gasteiger partial charge in [-0.1, -0.05) is 6.07 Å². The lowest BCUT2D eigenvalue weighted by molar-refractivity contribution is -0.146. The van der Waals surface area contributed by atoms with Gasteiger partial charge < -0.3 is 19.7 Å². The van der Waals surface area contributed by atoms with E-state index in [9.17, 15) is 4.79 Å². The number of hydrogen-bond donors (Lipinski definition) is 1. The van der Waals surface area contributed by atoms with Gasteiger partial charge in [0.2, 0.25) is 5.88 Å². The number of pyridine rings is 1. The molecule has 1 N–H and O–H groups in total. The molecule has 1 saturated heterocycles. The van der Waals surface area contributed by atoms with Crippen molar-refractivity contribution in [3.8, 4) is 5.88 Å². The second kappa shape index (κ2) is 10.3. The lowest BCUT2D eigenvalue weighted by Gasteiger charge is -2.33. The van der Waals surface area contributed by atoms with E-state index in [0.29, 0.717) is 12.4 Å². The van der Waals surface area contributed by atoms with Gasteiger partial charge in [0.1, 0.15) is 0 Å². The van der Waals surface area contributed by atoms with Crippen LogP contribution in [0.25, 0.3) is 0 Å². The zero-order valence-electron chi connectivity index (χ0n) is 14.3. The topological polar surface area (TPSA) is 76.1 Å². The van der Waals surface area contributed by atoms with E-state index < -0.39 is 0 Å². The SMILES string of the molecule is CN=C(NCc1cccc(OC)n1)N1CCC(C(=O)OC)CC1.I. The van der Waals surface area contributed by atoms with Gasteiger partial charge in [-0.25, -0.2) is 4.98 Å². The maximum atomic E-state index is 11.6. The molecule has 0 bridgehead atoms. The zero-order valence-corrected chi connectivity index (χ0v) is 16.6. The number of halogens is 1. The number of nitrogens with zero attached hydrogens (tertiary/aromatic N) is 3. The Bertz CT molecular complexity index is 560. The maximum Gasteiger partial charge on any atom is 0.308 e. The van der Waals surface area contributed by atoms with Gasteiger partial charge >= 0.3 is 5.97 Å². The van der Waals surface area contributed by atoms with E-state index in [4.69, 9.17) is 9.47 Å². The predicted octanol–water partition coefficient (Wildman–Crippen LogP) is 1.67. The van der Waals surface area contributed by atoms with Crippen LogP contribution in [-0.4, -0.2) is 56.2 Å². The highest BCUT2D eigenvalue weighted by Crippen LogP contribution is 2.18. The normalized spacial score (nSPS) is 15.5. The van der Waals surface area contributed by atoms with Crippen molar-refractivity contribution in [3.63, 3.8) is 0 Å². The molecule has 0 amide bonds. The van der Waals surface area contributed by atoms with Crippen LogP contribution < -0.4 is 10.1 Å². The zero-order chi connectivity index (χ0) is 16.7. The summed E-state index contributed by atoms with van der Waals surface area (Å²) < 4.78 is 9.94. The predicted molar refractivity (Wildman–Crippen MR) is 103 cm³/mol. The van der Waals surface area contributed by atoms with Crippen molar-refractivity contribution in [1.29, 1.82) is 0 Å². The molecule has 1 aliphatic heterocycles. The van der Waals surface area contributed by atoms with Crippen LogP contribution in [0.15, 0.2) is 23.2 Å². The number of piperidine rings is 1. The van der Waals surface area contributed by atoms with Gasteiger partial charge in [-0.2, -0.15) is 0 Å². The van der Waals surface area contributed by atoms with E-state index in [1.165, 1.54) is 7.11 Å². The Hall–Kier alpha value is -1.58. The standard InChI is InChI=1S/C16H24N4O3.HI/c1-17-16(18-11-13-5-4-6-14(19-13)22-2)20-9-7-12(8-10-20)15(21)23-3;/h4-6,12H,7-11H2,1-3H3,(H,17,18);1H. The summed E-state index contributed by atoms with van der Waals surface area (Å²) in [4.78, 5) is 22.4. The number of ether oxygens (including phenoxy) is 2. The molecule has 24 heavy (non-hydrogen) atoms. The van der Waals surface area contributed by atoms with E-state index >= 15 is 0 Å². The molecule has 0 saturated carbocycles. The van der Waals surface area contributed by atoms with E-state index in [-0.39, 0.29) is 35.9 Å². The van der Waals surface area contributed by atoms with Crippen LogP contribution in [0.2, 0.25) is 0 Å². The molecule has 0 aromatic carbocycles. The Balaban J connectivity index is 0.00000288. The number of rotatable bonds is 4. The summed E-state index contributed by atoms with van der Waals surface area (Å²) in [5, 5.41) is 3.31. The first-order valence-corrected chi connectivity index (χ1v) is 7.71. The smallest absolute Gasteiger partial charge is 0.308 e. The fraction of sp³-hybridized carbons (Fsp3) is 0.562. The minimum Gasteiger partial charge on any atom is -0.481 e. The van der Waals surface area contributed by atoms with Crippen LogP contribution in [0.3, 0.4) is 0 Å². The molecule has 0 atom stereocenters. The van der Waals surface area contributed by atoms with Crippen LogP contribution in [0.1, 0.15) is 18.5 Å². The molecule has 2 heterocycles. The Morgan fingerprint density at radius 2 is 2.08 bits per heavy atom. The Kier molecular flexibility index (Phi) is 8.80. The lowest BCUT2D eigenvalue weighted by Crippen LogP contribution is -2.46. The lowest BCUT2D eigenvalue weighted by atomic mass is 9.97. The summed E-state index contributed by atoms with van der Waals surface area (Å²) >= 11 is 0. The van der Waals surface area contributed by atoms with Crippen LogP contribution in [0, 0.1) is 5.92 Å². The van der Waals surface area contributed by atoms with E-state index in [0.717, 1.165) is 37.6 Å². The number of hydrogen-bond acceptors (Lipinski definition) is 5. The molecule has 1 aromatic rings. The Morgan fingerprint density at radius 1 is 1.38 bits per heavy atom. The number of carbonyl (C=O) groups is 1. The summed E-state index contributed by atoms with van der Waals surface area (Å²) in [5.74, 6) is 1.29. The van der Waals surface area contributed by atoms with Crippen molar-refractivity contribution in [1.82, 2.24) is 15.2 Å². The summed E-state index contributed by atoms with van der Waals surface area (Å²) in [6, 6.07) is 5.66. The Morgan fingerprint density at radius 3 is 2.67 bits per heavy atom. The Labute approximate surface area is 159 Å². The molecule has 1 fully saturated rings. The van der Waals surface area contributed by atoms with Gasteiger partial charge in [0.15, 0.2) is 5.96 Å². The first kappa shape index (κ1) is 20.5. The van der Waals surface area contributed by atoms with Gasteiger partial charge in [0.25, 0.3) is 0 Å². The molecule has 0 unspecified atom stereocenters. The summed E-state index contributed by atoms with van der Waals surface area (Å²) in [6.45, 7) is 2.14. The van der Waals surface area contributed by atoms with Crippen molar-refractivity contribution in [3.05, 3.63) is 23.9 Å². The largest absolute Gasteiger partial charge is 0.481 e. The van der Waals surface area contributed by atoms with Gasteiger partial charge in [-0.15, -0.1) is 24.0 Å². The van der Waals surface area contributed by atoms with Crippen molar-refractivity contribution in [2.24, 2.45) is 10.9 Å². The number of aromatic nitrogens is 1. The second-order valence-electron chi connectivity index (χ2n) is 5.36. The molecule has 0 aliphatic carbocycles. The van der Waals surface area contributed by atoms with Crippen LogP contribution in [-0.2, 0) is 16.1 Å². The summed E-state index contributed by atoms with van der Waals surface area (Å²) in [6.07, 6.45) is 1.57. The average Bonchev–Trinajstić information content (AvgIpc) is 2.62. The number of methoxy groups -OCH3 is 2. The number of likely N-dealkylation sites (tertiary alicyclic amines) is 1. The summed E-state index contributed by atoms with van der Waals surface area (Å²) in [7, 11) is 4.80. The highest BCUT2D eigenvalue weighted by Gasteiger charge is 2.26. The van der Waals surface area contributed by atoms with E-state index in [1.54, 1.807) is 14.2 Å². The highest BCUT2D eigenvalue weighted by atomic mass is 127. The van der Waals surface area contributed by atoms with Crippen LogP contribution in [0.4, 0.5) is 0 Å². The van der Waals surface area contributed by atoms with Crippen molar-refractivity contribution < 1.29 is 14.3 Å². The average molecular weight is 448 g/mol. The highest BCUT2D eigenvalue weighted by molar-refractivity contribution is 14.0. The first-order chi connectivity index (χ1) is 11.2. The maximum absolute atomic E-state index is 11.6. The molecule has 1 aliphatic rings. The molecule has 0 spiro atoms. The number of nitrogens with one attached hydrogen (secondary N) is 1. The molecular formula is C16H25IN4O3. The van der Waals surface area contributed by atoms with Gasteiger partial charge in [0.05, 0.1) is 32.4 Å². The van der Waals surface area contributed by atoms with E-state index in [2.05, 4.69) is 20.2 Å². The van der Waals surface area contributed by atoms with Crippen molar-refractivity contribution in [2.75, 3.05) is 34.4 Å². The molecule has 0 radical (unpaired) electrons. The number of carbonyl (C=O) groups excluding carboxylic acids is 1. The number of aliphatic imine (C=N–C) groups is 1. The van der Waals surface area contributed by atoms with Crippen LogP contribution >= 0.6 is 24.0 Å². The minimum absolute atomic E-state index is 0. The first-order valence-electron chi connectivity index (χ1n) is 7.71. The summed E-state index contributed by atoms with van der Waals surface area (Å²) in [5.41, 5.74) is 0.884. The second-order valence-corrected chi connectivity index (χ2v) is 5.36. The number of esters is 1. The molecular weight excluding hydrogens is 423 g/mol. The minimum atomic E-state index is -0.117. The third-order valence-corrected chi connectivity index (χ3v) is 3.96. The van der Waals surface area contributed by atoms with Gasteiger partial charge in [-0.05, 0) is 18.9 Å². The third kappa shape index (κ3) is 5.50. The van der Waals surface area contributed by atoms with Crippen molar-refractivity contribution >= 4 is 35.9 Å². The van der Waals surface area contributed by atoms with Crippen molar-refractivity contribution in [2.45, 2.75) is 19.4 Å².